The van der Waals surface area contributed by atoms with Crippen LogP contribution in [0.4, 0.5) is 5.13 Å². The van der Waals surface area contributed by atoms with E-state index in [-0.39, 0.29) is 5.91 Å². The molecular formula is C14H24N4OS. The fourth-order valence-corrected chi connectivity index (χ4v) is 3.26. The molecule has 1 heterocycles. The Morgan fingerprint density at radius 1 is 1.40 bits per heavy atom. The zero-order valence-corrected chi connectivity index (χ0v) is 13.2. The average Bonchev–Trinajstić information content (AvgIpc) is 3.01. The first-order valence-corrected chi connectivity index (χ1v) is 8.08. The minimum absolute atomic E-state index is 0.184. The lowest BCUT2D eigenvalue weighted by molar-refractivity contribution is -0.132. The summed E-state index contributed by atoms with van der Waals surface area (Å²) < 4.78 is 0. The molecule has 0 unspecified atom stereocenters. The second kappa shape index (κ2) is 7.04. The zero-order valence-electron chi connectivity index (χ0n) is 12.3. The van der Waals surface area contributed by atoms with Crippen LogP contribution in [0.5, 0.6) is 0 Å². The molecule has 1 aromatic heterocycles. The minimum Gasteiger partial charge on any atom is -0.375 e. The Hall–Kier alpha value is -1.14. The lowest BCUT2D eigenvalue weighted by atomic mass is 10.2. The second-order valence-corrected chi connectivity index (χ2v) is 6.57. The van der Waals surface area contributed by atoms with Crippen LogP contribution in [-0.4, -0.2) is 53.9 Å². The smallest absolute Gasteiger partial charge is 0.228 e. The fourth-order valence-electron chi connectivity index (χ4n) is 2.69. The van der Waals surface area contributed by atoms with Crippen molar-refractivity contribution in [1.29, 1.82) is 0 Å². The maximum absolute atomic E-state index is 12.6. The Morgan fingerprint density at radius 2 is 2.10 bits per heavy atom. The van der Waals surface area contributed by atoms with Crippen LogP contribution in [0, 0.1) is 0 Å². The van der Waals surface area contributed by atoms with E-state index in [2.05, 4.69) is 14.8 Å². The van der Waals surface area contributed by atoms with Crippen LogP contribution in [0.15, 0.2) is 5.38 Å². The van der Waals surface area contributed by atoms with Gasteiger partial charge in [0.2, 0.25) is 5.91 Å². The Balaban J connectivity index is 1.98. The van der Waals surface area contributed by atoms with Gasteiger partial charge in [0.05, 0.1) is 12.1 Å². The summed E-state index contributed by atoms with van der Waals surface area (Å²) in [6.45, 7) is 1.71. The van der Waals surface area contributed by atoms with E-state index in [9.17, 15) is 4.79 Å². The summed E-state index contributed by atoms with van der Waals surface area (Å²) in [4.78, 5) is 20.9. The largest absolute Gasteiger partial charge is 0.375 e. The zero-order chi connectivity index (χ0) is 14.5. The van der Waals surface area contributed by atoms with Gasteiger partial charge in [-0.2, -0.15) is 0 Å². The topological polar surface area (TPSA) is 62.5 Å². The first-order chi connectivity index (χ1) is 9.56. The van der Waals surface area contributed by atoms with Gasteiger partial charge in [0.25, 0.3) is 0 Å². The summed E-state index contributed by atoms with van der Waals surface area (Å²) >= 11 is 1.40. The highest BCUT2D eigenvalue weighted by Gasteiger charge is 2.26. The van der Waals surface area contributed by atoms with Gasteiger partial charge in [-0.05, 0) is 26.9 Å². The molecule has 1 saturated carbocycles. The van der Waals surface area contributed by atoms with Gasteiger partial charge in [0.15, 0.2) is 5.13 Å². The number of nitrogens with zero attached hydrogens (tertiary/aromatic N) is 3. The molecule has 2 N–H and O–H groups in total. The molecule has 1 amide bonds. The van der Waals surface area contributed by atoms with E-state index in [4.69, 9.17) is 5.73 Å². The van der Waals surface area contributed by atoms with Gasteiger partial charge in [0.1, 0.15) is 0 Å². The van der Waals surface area contributed by atoms with Crippen molar-refractivity contribution in [2.24, 2.45) is 0 Å². The van der Waals surface area contributed by atoms with E-state index in [1.807, 2.05) is 19.5 Å². The number of amides is 1. The number of anilines is 1. The van der Waals surface area contributed by atoms with E-state index in [0.717, 1.165) is 31.6 Å². The molecule has 0 atom stereocenters. The van der Waals surface area contributed by atoms with Gasteiger partial charge < -0.3 is 15.5 Å². The molecule has 0 radical (unpaired) electrons. The first kappa shape index (κ1) is 15.3. The van der Waals surface area contributed by atoms with Crippen LogP contribution in [0.25, 0.3) is 0 Å². The molecule has 1 aromatic rings. The number of likely N-dealkylation sites (N-methyl/N-ethyl adjacent to an activating group) is 1. The molecular weight excluding hydrogens is 272 g/mol. The maximum Gasteiger partial charge on any atom is 0.228 e. The lowest BCUT2D eigenvalue weighted by Gasteiger charge is -2.30. The first-order valence-electron chi connectivity index (χ1n) is 7.20. The number of rotatable bonds is 6. The molecule has 1 aliphatic carbocycles. The van der Waals surface area contributed by atoms with Gasteiger partial charge in [-0.15, -0.1) is 11.3 Å². The Kier molecular flexibility index (Phi) is 5.37. The maximum atomic E-state index is 12.6. The molecule has 20 heavy (non-hydrogen) atoms. The van der Waals surface area contributed by atoms with Crippen molar-refractivity contribution < 1.29 is 4.79 Å². The van der Waals surface area contributed by atoms with Crippen molar-refractivity contribution in [3.63, 3.8) is 0 Å². The van der Waals surface area contributed by atoms with Gasteiger partial charge in [0, 0.05) is 24.5 Å². The predicted octanol–water partition coefficient (Wildman–Crippen LogP) is 1.60. The van der Waals surface area contributed by atoms with E-state index in [1.54, 1.807) is 0 Å². The normalized spacial score (nSPS) is 15.9. The summed E-state index contributed by atoms with van der Waals surface area (Å²) in [6, 6.07) is 0.415. The number of nitrogen functional groups attached to an aromatic ring is 1. The van der Waals surface area contributed by atoms with E-state index < -0.39 is 0 Å². The molecule has 2 rings (SSSR count). The van der Waals surface area contributed by atoms with Crippen LogP contribution in [-0.2, 0) is 11.2 Å². The Morgan fingerprint density at radius 3 is 2.65 bits per heavy atom. The molecule has 1 aliphatic rings. The number of hydrogen-bond donors (Lipinski definition) is 1. The average molecular weight is 296 g/mol. The van der Waals surface area contributed by atoms with Gasteiger partial charge in [-0.25, -0.2) is 4.98 Å². The van der Waals surface area contributed by atoms with Gasteiger partial charge >= 0.3 is 0 Å². The third kappa shape index (κ3) is 4.18. The number of aromatic nitrogens is 1. The van der Waals surface area contributed by atoms with E-state index >= 15 is 0 Å². The third-order valence-electron chi connectivity index (χ3n) is 3.78. The van der Waals surface area contributed by atoms with Gasteiger partial charge in [-0.1, -0.05) is 12.8 Å². The molecule has 1 fully saturated rings. The molecule has 0 saturated heterocycles. The quantitative estimate of drug-likeness (QED) is 0.866. The highest BCUT2D eigenvalue weighted by Crippen LogP contribution is 2.24. The molecule has 6 heteroatoms. The van der Waals surface area contributed by atoms with Crippen LogP contribution < -0.4 is 5.73 Å². The van der Waals surface area contributed by atoms with Crippen molar-refractivity contribution >= 4 is 22.4 Å². The number of nitrogens with two attached hydrogens (primary N) is 1. The summed E-state index contributed by atoms with van der Waals surface area (Å²) in [5.41, 5.74) is 6.42. The van der Waals surface area contributed by atoms with Crippen molar-refractivity contribution in [1.82, 2.24) is 14.8 Å². The molecule has 0 spiro atoms. The number of thiazole rings is 1. The molecule has 112 valence electrons. The summed E-state index contributed by atoms with van der Waals surface area (Å²) in [7, 11) is 4.08. The highest BCUT2D eigenvalue weighted by atomic mass is 32.1. The molecule has 0 aliphatic heterocycles. The fraction of sp³-hybridized carbons (Fsp3) is 0.714. The molecule has 0 bridgehead atoms. The van der Waals surface area contributed by atoms with Crippen LogP contribution in [0.1, 0.15) is 31.4 Å². The number of carbonyl (C=O) groups is 1. The standard InChI is InChI=1S/C14H24N4OS/c1-17(2)7-8-18(12-5-3-4-6-12)13(19)9-11-10-20-14(15)16-11/h10,12H,3-9H2,1-2H3,(H2,15,16). The van der Waals surface area contributed by atoms with Crippen molar-refractivity contribution in [3.8, 4) is 0 Å². The lowest BCUT2D eigenvalue weighted by Crippen LogP contribution is -2.43. The van der Waals surface area contributed by atoms with Crippen LogP contribution in [0.2, 0.25) is 0 Å². The summed E-state index contributed by atoms with van der Waals surface area (Å²) in [5, 5.41) is 2.42. The van der Waals surface area contributed by atoms with Crippen LogP contribution in [0.3, 0.4) is 0 Å². The van der Waals surface area contributed by atoms with Crippen molar-refractivity contribution in [3.05, 3.63) is 11.1 Å². The summed E-state index contributed by atoms with van der Waals surface area (Å²) in [6.07, 6.45) is 5.12. The molecule has 5 nitrogen and oxygen atoms in total. The molecule has 0 aromatic carbocycles. The van der Waals surface area contributed by atoms with Crippen molar-refractivity contribution in [2.75, 3.05) is 32.9 Å². The third-order valence-corrected chi connectivity index (χ3v) is 4.50. The minimum atomic E-state index is 0.184. The second-order valence-electron chi connectivity index (χ2n) is 5.68. The number of carbonyl (C=O) groups excluding carboxylic acids is 1. The Bertz CT molecular complexity index is 440. The number of hydrogen-bond acceptors (Lipinski definition) is 5. The summed E-state index contributed by atoms with van der Waals surface area (Å²) in [5.74, 6) is 0.184. The Labute approximate surface area is 124 Å². The van der Waals surface area contributed by atoms with E-state index in [1.165, 1.54) is 24.2 Å². The van der Waals surface area contributed by atoms with Gasteiger partial charge in [-0.3, -0.25) is 4.79 Å². The van der Waals surface area contributed by atoms with Crippen LogP contribution >= 0.6 is 11.3 Å². The van der Waals surface area contributed by atoms with E-state index in [0.29, 0.717) is 17.6 Å². The highest BCUT2D eigenvalue weighted by molar-refractivity contribution is 7.13. The predicted molar refractivity (Wildman–Crippen MR) is 82.8 cm³/mol. The SMILES string of the molecule is CN(C)CCN(C(=O)Cc1csc(N)n1)C1CCCC1. The monoisotopic (exact) mass is 296 g/mol. The van der Waals surface area contributed by atoms with Crippen molar-refractivity contribution in [2.45, 2.75) is 38.1 Å².